The van der Waals surface area contributed by atoms with E-state index in [4.69, 9.17) is 5.73 Å². The summed E-state index contributed by atoms with van der Waals surface area (Å²) in [6, 6.07) is 0. The van der Waals surface area contributed by atoms with Crippen molar-refractivity contribution in [2.75, 3.05) is 20.1 Å². The average molecular weight is 328 g/mol. The number of carbonyl (C=O) groups excluding carboxylic acids is 1. The normalized spacial score (nSPS) is 11.6. The Morgan fingerprint density at radius 2 is 1.73 bits per heavy atom. The maximum atomic E-state index is 11.4. The summed E-state index contributed by atoms with van der Waals surface area (Å²) in [5.74, 6) is 0.418. The van der Waals surface area contributed by atoms with Crippen LogP contribution in [0.2, 0.25) is 0 Å². The summed E-state index contributed by atoms with van der Waals surface area (Å²) in [6.45, 7) is 6.75. The first-order valence-corrected chi connectivity index (χ1v) is 4.62. The van der Waals surface area contributed by atoms with Gasteiger partial charge in [0.2, 0.25) is 5.91 Å². The molecule has 0 aromatic rings. The number of aliphatic imine (C=N–C) groups is 1. The molecule has 1 amide bonds. The van der Waals surface area contributed by atoms with Crippen molar-refractivity contribution in [3.05, 3.63) is 0 Å². The fraction of sp³-hybridized carbons (Fsp3) is 0.778. The van der Waals surface area contributed by atoms with Crippen molar-refractivity contribution in [3.63, 3.8) is 0 Å². The summed E-state index contributed by atoms with van der Waals surface area (Å²) in [6.07, 6.45) is 0. The van der Waals surface area contributed by atoms with Gasteiger partial charge < -0.3 is 16.4 Å². The highest BCUT2D eigenvalue weighted by atomic mass is 127. The molecule has 0 rings (SSSR count). The van der Waals surface area contributed by atoms with Crippen LogP contribution in [0.1, 0.15) is 20.8 Å². The van der Waals surface area contributed by atoms with Gasteiger partial charge in [-0.2, -0.15) is 0 Å². The van der Waals surface area contributed by atoms with Gasteiger partial charge in [0.1, 0.15) is 0 Å². The van der Waals surface area contributed by atoms with Crippen LogP contribution < -0.4 is 16.4 Å². The number of amides is 1. The van der Waals surface area contributed by atoms with E-state index in [0.717, 1.165) is 0 Å². The van der Waals surface area contributed by atoms with E-state index in [1.807, 2.05) is 20.8 Å². The zero-order valence-corrected chi connectivity index (χ0v) is 12.1. The van der Waals surface area contributed by atoms with Gasteiger partial charge in [0.05, 0.1) is 0 Å². The number of halogens is 1. The molecular formula is C9H21IN4O. The molecule has 0 radical (unpaired) electrons. The van der Waals surface area contributed by atoms with E-state index in [-0.39, 0.29) is 35.3 Å². The number of hydrogen-bond donors (Lipinski definition) is 3. The number of nitrogens with one attached hydrogen (secondary N) is 2. The second-order valence-corrected chi connectivity index (χ2v) is 4.04. The molecule has 90 valence electrons. The maximum absolute atomic E-state index is 11.4. The van der Waals surface area contributed by atoms with Gasteiger partial charge in [-0.15, -0.1) is 24.0 Å². The predicted octanol–water partition coefficient (Wildman–Crippen LogP) is 0.301. The largest absolute Gasteiger partial charge is 0.370 e. The SMILES string of the molecule is CN=C(N)NCCNC(=O)C(C)(C)C.I. The molecule has 15 heavy (non-hydrogen) atoms. The van der Waals surface area contributed by atoms with Crippen LogP contribution in [-0.2, 0) is 4.79 Å². The topological polar surface area (TPSA) is 79.5 Å². The molecule has 0 heterocycles. The van der Waals surface area contributed by atoms with Gasteiger partial charge in [0.15, 0.2) is 5.96 Å². The van der Waals surface area contributed by atoms with Gasteiger partial charge in [0, 0.05) is 25.6 Å². The zero-order chi connectivity index (χ0) is 11.2. The van der Waals surface area contributed by atoms with E-state index in [1.165, 1.54) is 0 Å². The molecular weight excluding hydrogens is 307 g/mol. The van der Waals surface area contributed by atoms with E-state index in [9.17, 15) is 4.79 Å². The van der Waals surface area contributed by atoms with Gasteiger partial charge in [0.25, 0.3) is 0 Å². The molecule has 0 spiro atoms. The van der Waals surface area contributed by atoms with Crippen molar-refractivity contribution < 1.29 is 4.79 Å². The van der Waals surface area contributed by atoms with Crippen LogP contribution >= 0.6 is 24.0 Å². The van der Waals surface area contributed by atoms with Crippen LogP contribution in [0, 0.1) is 5.41 Å². The smallest absolute Gasteiger partial charge is 0.225 e. The third kappa shape index (κ3) is 8.46. The lowest BCUT2D eigenvalue weighted by Gasteiger charge is -2.17. The van der Waals surface area contributed by atoms with Gasteiger partial charge in [-0.3, -0.25) is 9.79 Å². The quantitative estimate of drug-likeness (QED) is 0.302. The molecule has 0 aliphatic carbocycles. The Bertz CT molecular complexity index is 223. The molecule has 0 fully saturated rings. The Labute approximate surface area is 108 Å². The molecule has 0 saturated heterocycles. The molecule has 0 aliphatic rings. The number of nitrogens with two attached hydrogens (primary N) is 1. The summed E-state index contributed by atoms with van der Waals surface area (Å²) in [5, 5.41) is 5.64. The Morgan fingerprint density at radius 3 is 2.13 bits per heavy atom. The van der Waals surface area contributed by atoms with E-state index in [0.29, 0.717) is 19.0 Å². The monoisotopic (exact) mass is 328 g/mol. The number of guanidine groups is 1. The molecule has 0 bridgehead atoms. The van der Waals surface area contributed by atoms with Crippen molar-refractivity contribution in [2.24, 2.45) is 16.1 Å². The molecule has 0 unspecified atom stereocenters. The molecule has 4 N–H and O–H groups in total. The lowest BCUT2D eigenvalue weighted by atomic mass is 9.96. The average Bonchev–Trinajstić information content (AvgIpc) is 2.09. The first-order chi connectivity index (χ1) is 6.38. The summed E-state index contributed by atoms with van der Waals surface area (Å²) < 4.78 is 0. The molecule has 0 aromatic carbocycles. The van der Waals surface area contributed by atoms with E-state index in [2.05, 4.69) is 15.6 Å². The van der Waals surface area contributed by atoms with Gasteiger partial charge in [-0.05, 0) is 0 Å². The number of nitrogens with zero attached hydrogens (tertiary/aromatic N) is 1. The van der Waals surface area contributed by atoms with Crippen molar-refractivity contribution in [1.82, 2.24) is 10.6 Å². The van der Waals surface area contributed by atoms with E-state index >= 15 is 0 Å². The van der Waals surface area contributed by atoms with Crippen LogP contribution in [0.5, 0.6) is 0 Å². The van der Waals surface area contributed by atoms with E-state index < -0.39 is 0 Å². The molecule has 0 aromatic heterocycles. The van der Waals surface area contributed by atoms with Crippen molar-refractivity contribution in [3.8, 4) is 0 Å². The van der Waals surface area contributed by atoms with Crippen LogP contribution in [0.25, 0.3) is 0 Å². The minimum atomic E-state index is -0.343. The number of hydrogen-bond acceptors (Lipinski definition) is 2. The second-order valence-electron chi connectivity index (χ2n) is 4.04. The maximum Gasteiger partial charge on any atom is 0.225 e. The Hall–Kier alpha value is -0.530. The van der Waals surface area contributed by atoms with Gasteiger partial charge in [-0.1, -0.05) is 20.8 Å². The summed E-state index contributed by atoms with van der Waals surface area (Å²) in [7, 11) is 1.61. The lowest BCUT2D eigenvalue weighted by molar-refractivity contribution is -0.128. The first kappa shape index (κ1) is 16.9. The standard InChI is InChI=1S/C9H20N4O.HI/c1-9(2,3)7(14)12-5-6-13-8(10)11-4;/h5-6H2,1-4H3,(H,12,14)(H3,10,11,13);1H. The molecule has 0 saturated carbocycles. The van der Waals surface area contributed by atoms with Crippen molar-refractivity contribution >= 4 is 35.8 Å². The van der Waals surface area contributed by atoms with Crippen LogP contribution in [0.3, 0.4) is 0 Å². The number of rotatable bonds is 3. The number of carbonyl (C=O) groups is 1. The third-order valence-corrected chi connectivity index (χ3v) is 1.64. The van der Waals surface area contributed by atoms with Crippen LogP contribution in [0.4, 0.5) is 0 Å². The summed E-state index contributed by atoms with van der Waals surface area (Å²) in [4.78, 5) is 15.1. The van der Waals surface area contributed by atoms with E-state index in [1.54, 1.807) is 7.05 Å². The molecule has 5 nitrogen and oxygen atoms in total. The third-order valence-electron chi connectivity index (χ3n) is 1.64. The fourth-order valence-corrected chi connectivity index (χ4v) is 0.711. The highest BCUT2D eigenvalue weighted by Gasteiger charge is 2.19. The van der Waals surface area contributed by atoms with Crippen LogP contribution in [-0.4, -0.2) is 32.0 Å². The van der Waals surface area contributed by atoms with Gasteiger partial charge in [-0.25, -0.2) is 0 Å². The van der Waals surface area contributed by atoms with Crippen molar-refractivity contribution in [2.45, 2.75) is 20.8 Å². The van der Waals surface area contributed by atoms with Crippen LogP contribution in [0.15, 0.2) is 4.99 Å². The Kier molecular flexibility index (Phi) is 8.69. The lowest BCUT2D eigenvalue weighted by Crippen LogP contribution is -2.41. The minimum Gasteiger partial charge on any atom is -0.370 e. The highest BCUT2D eigenvalue weighted by Crippen LogP contribution is 2.11. The fourth-order valence-electron chi connectivity index (χ4n) is 0.711. The van der Waals surface area contributed by atoms with Crippen molar-refractivity contribution in [1.29, 1.82) is 0 Å². The second kappa shape index (κ2) is 7.72. The Morgan fingerprint density at radius 1 is 1.27 bits per heavy atom. The van der Waals surface area contributed by atoms with Gasteiger partial charge >= 0.3 is 0 Å². The summed E-state index contributed by atoms with van der Waals surface area (Å²) in [5.41, 5.74) is 5.06. The predicted molar refractivity (Wildman–Crippen MR) is 73.4 cm³/mol. The highest BCUT2D eigenvalue weighted by molar-refractivity contribution is 14.0. The molecule has 0 atom stereocenters. The first-order valence-electron chi connectivity index (χ1n) is 4.62. The zero-order valence-electron chi connectivity index (χ0n) is 9.76. The minimum absolute atomic E-state index is 0. The molecule has 0 aliphatic heterocycles. The Balaban J connectivity index is 0. The molecule has 6 heteroatoms. The summed E-state index contributed by atoms with van der Waals surface area (Å²) >= 11 is 0.